The van der Waals surface area contributed by atoms with Crippen LogP contribution < -0.4 is 5.32 Å². The molecule has 0 saturated heterocycles. The number of ether oxygens (including phenoxy) is 2. The molecule has 1 aromatic carbocycles. The number of carbonyl (C=O) groups excluding carboxylic acids is 1. The van der Waals surface area contributed by atoms with Crippen LogP contribution in [-0.4, -0.2) is 53.5 Å². The minimum Gasteiger partial charge on any atom is -0.492 e. The highest BCUT2D eigenvalue weighted by molar-refractivity contribution is 14.1. The summed E-state index contributed by atoms with van der Waals surface area (Å²) in [6.07, 6.45) is 0.925. The third-order valence-corrected chi connectivity index (χ3v) is 8.14. The highest BCUT2D eigenvalue weighted by Gasteiger charge is 2.40. The number of para-hydroxylation sites is 1. The number of aromatic nitrogens is 4. The number of nitrogens with zero attached hydrogens (tertiary/aromatic N) is 5. The van der Waals surface area contributed by atoms with Crippen molar-refractivity contribution in [2.24, 2.45) is 10.7 Å². The van der Waals surface area contributed by atoms with Gasteiger partial charge in [-0.3, -0.25) is 4.57 Å². The molecule has 35 heavy (non-hydrogen) atoms. The molecule has 0 aliphatic heterocycles. The average Bonchev–Trinajstić information content (AvgIpc) is 3.24. The summed E-state index contributed by atoms with van der Waals surface area (Å²) in [6, 6.07) is 9.35. The Morgan fingerprint density at radius 3 is 2.71 bits per heavy atom. The maximum absolute atomic E-state index is 12.7. The largest absolute Gasteiger partial charge is 0.492 e. The Labute approximate surface area is 222 Å². The Morgan fingerprint density at radius 1 is 1.31 bits per heavy atom. The van der Waals surface area contributed by atoms with E-state index in [0.29, 0.717) is 13.7 Å². The van der Waals surface area contributed by atoms with E-state index < -0.39 is 15.6 Å². The van der Waals surface area contributed by atoms with Crippen LogP contribution in [0.4, 0.5) is 11.6 Å². The number of hydrogen-bond acceptors (Lipinski definition) is 10. The SMILES string of the molecule is CC(C)[C@](I)(N=PP)C(=O)OCC(COP)OCn1cnc2c(O)nc(Nc3ccccc3)nc21. The average molecular weight is 650 g/mol. The van der Waals surface area contributed by atoms with Gasteiger partial charge in [0, 0.05) is 23.2 Å². The van der Waals surface area contributed by atoms with Crippen molar-refractivity contribution in [2.45, 2.75) is 30.2 Å². The van der Waals surface area contributed by atoms with Crippen LogP contribution in [0.25, 0.3) is 11.2 Å². The molecule has 0 amide bonds. The lowest BCUT2D eigenvalue weighted by Gasteiger charge is -2.26. The van der Waals surface area contributed by atoms with Gasteiger partial charge < -0.3 is 24.4 Å². The second kappa shape index (κ2) is 13.1. The summed E-state index contributed by atoms with van der Waals surface area (Å²) in [5.41, 5.74) is 1.39. The second-order valence-corrected chi connectivity index (χ2v) is 10.7. The zero-order chi connectivity index (χ0) is 25.4. The Bertz CT molecular complexity index is 1170. The molecule has 0 radical (unpaired) electrons. The van der Waals surface area contributed by atoms with Crippen LogP contribution in [-0.2, 0) is 25.5 Å². The summed E-state index contributed by atoms with van der Waals surface area (Å²) >= 11 is 2.02. The van der Waals surface area contributed by atoms with E-state index in [2.05, 4.69) is 43.4 Å². The molecule has 3 rings (SSSR count). The van der Waals surface area contributed by atoms with Crippen molar-refractivity contribution in [3.8, 4) is 5.88 Å². The first-order valence-corrected chi connectivity index (χ1v) is 14.5. The van der Waals surface area contributed by atoms with Gasteiger partial charge in [-0.25, -0.2) is 14.5 Å². The summed E-state index contributed by atoms with van der Waals surface area (Å²) < 4.78 is 21.6. The standard InChI is InChI=1S/C20H26IN6O5P3/c1-12(2)20(21,26-35-34)18(29)30-8-14(9-32-33)31-11-27-10-22-15-16(27)24-19(25-17(15)28)23-13-6-4-3-5-7-13/h3-7,10,12,14H,8-9,11,33-34H2,1-2H3,(H2,23,24,25,28)/t14?,20-/m0/s1. The number of rotatable bonds is 12. The quantitative estimate of drug-likeness (QED) is 0.0944. The topological polar surface area (TPSA) is 133 Å². The summed E-state index contributed by atoms with van der Waals surface area (Å²) in [4.78, 5) is 25.4. The lowest BCUT2D eigenvalue weighted by Crippen LogP contribution is -2.38. The Balaban J connectivity index is 1.70. The van der Waals surface area contributed by atoms with Crippen molar-refractivity contribution in [3.05, 3.63) is 36.7 Å². The first kappa shape index (κ1) is 28.0. The number of esters is 1. The number of imidazole rings is 1. The molecule has 0 aliphatic rings. The Kier molecular flexibility index (Phi) is 10.5. The van der Waals surface area contributed by atoms with Crippen LogP contribution in [0.1, 0.15) is 13.8 Å². The van der Waals surface area contributed by atoms with Gasteiger partial charge in [0.1, 0.15) is 19.4 Å². The zero-order valence-electron chi connectivity index (χ0n) is 19.0. The number of alkyl halides is 1. The van der Waals surface area contributed by atoms with E-state index in [9.17, 15) is 9.90 Å². The molecule has 15 heteroatoms. The molecule has 0 fully saturated rings. The number of fused-ring (bicyclic) bond motifs is 1. The first-order valence-electron chi connectivity index (χ1n) is 10.4. The predicted molar refractivity (Wildman–Crippen MR) is 149 cm³/mol. The number of carbonyl (C=O) groups is 1. The van der Waals surface area contributed by atoms with Crippen molar-refractivity contribution in [1.29, 1.82) is 0 Å². The summed E-state index contributed by atoms with van der Waals surface area (Å²) in [5.74, 6) is -0.534. The summed E-state index contributed by atoms with van der Waals surface area (Å²) in [5, 5.41) is 13.4. The molecular formula is C20H26IN6O5P3. The van der Waals surface area contributed by atoms with Gasteiger partial charge in [-0.05, 0) is 40.6 Å². The smallest absolute Gasteiger partial charge is 0.344 e. The molecule has 3 aromatic rings. The first-order chi connectivity index (χ1) is 16.8. The zero-order valence-corrected chi connectivity index (χ0v) is 24.4. The molecular weight excluding hydrogens is 624 g/mol. The number of benzene rings is 1. The minimum absolute atomic E-state index is 0.0261. The third-order valence-electron chi connectivity index (χ3n) is 4.86. The van der Waals surface area contributed by atoms with Gasteiger partial charge in [-0.15, -0.1) is 0 Å². The van der Waals surface area contributed by atoms with Gasteiger partial charge in [0.2, 0.25) is 15.4 Å². The lowest BCUT2D eigenvalue weighted by atomic mass is 10.1. The molecule has 0 spiro atoms. The van der Waals surface area contributed by atoms with E-state index >= 15 is 0 Å². The fraction of sp³-hybridized carbons (Fsp3) is 0.400. The van der Waals surface area contributed by atoms with Crippen LogP contribution >= 0.6 is 49.0 Å². The van der Waals surface area contributed by atoms with Crippen LogP contribution in [0.3, 0.4) is 0 Å². The van der Waals surface area contributed by atoms with Gasteiger partial charge in [-0.1, -0.05) is 41.0 Å². The maximum atomic E-state index is 12.7. The fourth-order valence-corrected chi connectivity index (χ4v) is 5.39. The van der Waals surface area contributed by atoms with E-state index in [0.717, 1.165) is 5.69 Å². The van der Waals surface area contributed by atoms with Crippen molar-refractivity contribution >= 4 is 77.8 Å². The predicted octanol–water partition coefficient (Wildman–Crippen LogP) is 4.68. The van der Waals surface area contributed by atoms with Gasteiger partial charge in [0.15, 0.2) is 11.2 Å². The molecule has 3 unspecified atom stereocenters. The van der Waals surface area contributed by atoms with Gasteiger partial charge >= 0.3 is 5.97 Å². The third kappa shape index (κ3) is 7.24. The van der Waals surface area contributed by atoms with Crippen molar-refractivity contribution in [1.82, 2.24) is 19.5 Å². The van der Waals surface area contributed by atoms with E-state index in [4.69, 9.17) is 14.0 Å². The molecule has 11 nitrogen and oxygen atoms in total. The number of nitrogens with one attached hydrogen (secondary N) is 1. The molecule has 188 valence electrons. The number of hydrogen-bond donors (Lipinski definition) is 2. The highest BCUT2D eigenvalue weighted by Crippen LogP contribution is 2.36. The normalized spacial score (nSPS) is 14.3. The van der Waals surface area contributed by atoms with E-state index in [-0.39, 0.29) is 43.2 Å². The van der Waals surface area contributed by atoms with E-state index in [1.165, 1.54) is 6.33 Å². The van der Waals surface area contributed by atoms with E-state index in [1.54, 1.807) is 4.57 Å². The summed E-state index contributed by atoms with van der Waals surface area (Å²) in [7, 11) is 5.29. The van der Waals surface area contributed by atoms with Crippen LogP contribution in [0, 0.1) is 5.92 Å². The van der Waals surface area contributed by atoms with Crippen molar-refractivity contribution < 1.29 is 23.9 Å². The minimum atomic E-state index is -0.995. The molecule has 4 atom stereocenters. The number of anilines is 2. The Morgan fingerprint density at radius 2 is 2.06 bits per heavy atom. The molecule has 0 bridgehead atoms. The molecule has 2 N–H and O–H groups in total. The van der Waals surface area contributed by atoms with Crippen LogP contribution in [0.5, 0.6) is 5.88 Å². The number of halogens is 1. The maximum Gasteiger partial charge on any atom is 0.344 e. The molecule has 0 saturated carbocycles. The lowest BCUT2D eigenvalue weighted by molar-refractivity contribution is -0.153. The van der Waals surface area contributed by atoms with Crippen molar-refractivity contribution in [3.63, 3.8) is 0 Å². The highest BCUT2D eigenvalue weighted by atomic mass is 127. The van der Waals surface area contributed by atoms with Crippen LogP contribution in [0.2, 0.25) is 0 Å². The molecule has 0 aliphatic carbocycles. The monoisotopic (exact) mass is 650 g/mol. The summed E-state index contributed by atoms with van der Waals surface area (Å²) in [6.45, 7) is 3.99. The van der Waals surface area contributed by atoms with Crippen LogP contribution in [0.15, 0.2) is 41.4 Å². The van der Waals surface area contributed by atoms with Gasteiger partial charge in [0.25, 0.3) is 0 Å². The Hall–Kier alpha value is -1.55. The fourth-order valence-electron chi connectivity index (χ4n) is 2.91. The van der Waals surface area contributed by atoms with Crippen molar-refractivity contribution in [2.75, 3.05) is 18.5 Å². The molecule has 2 aromatic heterocycles. The molecule has 2 heterocycles. The van der Waals surface area contributed by atoms with Gasteiger partial charge in [-0.2, -0.15) is 9.97 Å². The van der Waals surface area contributed by atoms with Gasteiger partial charge in [0.05, 0.1) is 12.9 Å². The van der Waals surface area contributed by atoms with E-state index in [1.807, 2.05) is 66.8 Å². The second-order valence-electron chi connectivity index (χ2n) is 7.64. The number of aromatic hydroxyl groups is 1.